The predicted octanol–water partition coefficient (Wildman–Crippen LogP) is 1.82. The van der Waals surface area contributed by atoms with E-state index in [1.165, 1.54) is 0 Å². The molecular weight excluding hydrogens is 366 g/mol. The molecule has 2 N–H and O–H groups in total. The highest BCUT2D eigenvalue weighted by molar-refractivity contribution is 7.10. The maximum absolute atomic E-state index is 12.8. The van der Waals surface area contributed by atoms with Crippen molar-refractivity contribution in [3.63, 3.8) is 0 Å². The monoisotopic (exact) mass is 391 g/mol. The van der Waals surface area contributed by atoms with Crippen LogP contribution in [0.15, 0.2) is 17.5 Å². The number of nitrogens with one attached hydrogen (secondary N) is 1. The summed E-state index contributed by atoms with van der Waals surface area (Å²) in [6.45, 7) is 8.54. The molecule has 3 heterocycles. The van der Waals surface area contributed by atoms with E-state index < -0.39 is 12.0 Å². The molecule has 146 valence electrons. The number of carbonyl (C=O) groups excluding carboxylic acids is 1. The highest BCUT2D eigenvalue weighted by Gasteiger charge is 2.35. The maximum Gasteiger partial charge on any atom is 0.322 e. The number of fused-ring (bicyclic) bond motifs is 1. The second kappa shape index (κ2) is 7.40. The summed E-state index contributed by atoms with van der Waals surface area (Å²) in [6, 6.07) is 3.05. The Balaban J connectivity index is 1.75. The van der Waals surface area contributed by atoms with Crippen LogP contribution >= 0.6 is 11.3 Å². The molecular formula is C18H25N5O3S. The summed E-state index contributed by atoms with van der Waals surface area (Å²) < 4.78 is 1.80. The summed E-state index contributed by atoms with van der Waals surface area (Å²) in [5, 5.41) is 22.8. The lowest BCUT2D eigenvalue weighted by Crippen LogP contribution is -2.52. The van der Waals surface area contributed by atoms with E-state index in [-0.39, 0.29) is 37.0 Å². The number of amides is 1. The first-order valence-corrected chi connectivity index (χ1v) is 9.73. The molecule has 2 aromatic heterocycles. The van der Waals surface area contributed by atoms with Crippen LogP contribution in [0.3, 0.4) is 0 Å². The number of rotatable bonds is 5. The summed E-state index contributed by atoms with van der Waals surface area (Å²) in [5.41, 5.74) is -0.161. The maximum atomic E-state index is 12.8. The minimum atomic E-state index is -0.952. The van der Waals surface area contributed by atoms with Gasteiger partial charge >= 0.3 is 5.97 Å². The average Bonchev–Trinajstić information content (AvgIpc) is 3.21. The van der Waals surface area contributed by atoms with Crippen LogP contribution in [0.5, 0.6) is 0 Å². The van der Waals surface area contributed by atoms with Gasteiger partial charge in [-0.25, -0.2) is 0 Å². The van der Waals surface area contributed by atoms with E-state index >= 15 is 0 Å². The van der Waals surface area contributed by atoms with E-state index in [4.69, 9.17) is 0 Å². The Morgan fingerprint density at radius 1 is 1.41 bits per heavy atom. The van der Waals surface area contributed by atoms with Crippen LogP contribution in [-0.2, 0) is 22.7 Å². The molecule has 0 fully saturated rings. The number of nitrogens with zero attached hydrogens (tertiary/aromatic N) is 4. The van der Waals surface area contributed by atoms with E-state index in [0.29, 0.717) is 11.6 Å². The van der Waals surface area contributed by atoms with Crippen LogP contribution in [0, 0.1) is 12.3 Å². The topological polar surface area (TPSA) is 100 Å². The molecule has 9 heteroatoms. The number of hydrogen-bond acceptors (Lipinski definition) is 6. The molecule has 1 aliphatic heterocycles. The standard InChI is InChI=1S/C18H25N5O3S/c1-11-20-21-14-9-22(12(17(25)26)8-23(11)14)10-15(24)19-16(18(2,3)4)13-6-5-7-27-13/h5-7,12,16H,8-10H2,1-4H3,(H,19,24)(H,25,26). The number of aryl methyl sites for hydroxylation is 1. The Labute approximate surface area is 162 Å². The van der Waals surface area contributed by atoms with Gasteiger partial charge < -0.3 is 15.0 Å². The zero-order valence-corrected chi connectivity index (χ0v) is 16.8. The second-order valence-electron chi connectivity index (χ2n) is 7.92. The van der Waals surface area contributed by atoms with Crippen LogP contribution in [-0.4, -0.2) is 49.2 Å². The van der Waals surface area contributed by atoms with Gasteiger partial charge in [0.15, 0.2) is 0 Å². The second-order valence-corrected chi connectivity index (χ2v) is 8.89. The summed E-state index contributed by atoms with van der Waals surface area (Å²) in [5.74, 6) is 0.223. The molecule has 27 heavy (non-hydrogen) atoms. The molecule has 1 amide bonds. The van der Waals surface area contributed by atoms with E-state index in [1.807, 2.05) is 17.5 Å². The molecule has 0 aliphatic carbocycles. The summed E-state index contributed by atoms with van der Waals surface area (Å²) in [6.07, 6.45) is 0. The fraction of sp³-hybridized carbons (Fsp3) is 0.556. The smallest absolute Gasteiger partial charge is 0.322 e. The Morgan fingerprint density at radius 3 is 2.74 bits per heavy atom. The van der Waals surface area contributed by atoms with Crippen LogP contribution in [0.2, 0.25) is 0 Å². The van der Waals surface area contributed by atoms with Crippen molar-refractivity contribution in [2.75, 3.05) is 6.54 Å². The van der Waals surface area contributed by atoms with Gasteiger partial charge in [0.2, 0.25) is 5.91 Å². The van der Waals surface area contributed by atoms with Crippen molar-refractivity contribution < 1.29 is 14.7 Å². The number of carbonyl (C=O) groups is 2. The van der Waals surface area contributed by atoms with Gasteiger partial charge in [0.25, 0.3) is 0 Å². The molecule has 8 nitrogen and oxygen atoms in total. The lowest BCUT2D eigenvalue weighted by Gasteiger charge is -2.35. The van der Waals surface area contributed by atoms with Crippen molar-refractivity contribution in [3.05, 3.63) is 34.0 Å². The van der Waals surface area contributed by atoms with Gasteiger partial charge in [-0.1, -0.05) is 26.8 Å². The highest BCUT2D eigenvalue weighted by atomic mass is 32.1. The lowest BCUT2D eigenvalue weighted by molar-refractivity contribution is -0.145. The summed E-state index contributed by atoms with van der Waals surface area (Å²) >= 11 is 1.60. The largest absolute Gasteiger partial charge is 0.480 e. The van der Waals surface area contributed by atoms with Crippen molar-refractivity contribution in [2.24, 2.45) is 5.41 Å². The van der Waals surface area contributed by atoms with Gasteiger partial charge in [-0.2, -0.15) is 0 Å². The van der Waals surface area contributed by atoms with Gasteiger partial charge in [0.1, 0.15) is 17.7 Å². The van der Waals surface area contributed by atoms with E-state index in [0.717, 1.165) is 4.88 Å². The van der Waals surface area contributed by atoms with Crippen molar-refractivity contribution >= 4 is 23.2 Å². The quantitative estimate of drug-likeness (QED) is 0.806. The number of aromatic nitrogens is 3. The third-order valence-corrected chi connectivity index (χ3v) is 5.72. The number of thiophene rings is 1. The average molecular weight is 391 g/mol. The molecule has 0 saturated heterocycles. The third kappa shape index (κ3) is 4.19. The van der Waals surface area contributed by atoms with Crippen LogP contribution in [0.1, 0.15) is 43.3 Å². The van der Waals surface area contributed by atoms with Crippen molar-refractivity contribution in [1.29, 1.82) is 0 Å². The van der Waals surface area contributed by atoms with E-state index in [1.54, 1.807) is 27.7 Å². The SMILES string of the molecule is Cc1nnc2n1CC(C(=O)O)N(CC(=O)NC(c1cccs1)C(C)(C)C)C2. The molecule has 0 radical (unpaired) electrons. The van der Waals surface area contributed by atoms with Gasteiger partial charge in [-0.15, -0.1) is 21.5 Å². The van der Waals surface area contributed by atoms with E-state index in [2.05, 4.69) is 36.3 Å². The number of aliphatic carboxylic acids is 1. The van der Waals surface area contributed by atoms with Crippen LogP contribution in [0.25, 0.3) is 0 Å². The molecule has 0 aromatic carbocycles. The summed E-state index contributed by atoms with van der Waals surface area (Å²) in [4.78, 5) is 27.2. The molecule has 2 aromatic rings. The lowest BCUT2D eigenvalue weighted by atomic mass is 9.85. The van der Waals surface area contributed by atoms with Gasteiger partial charge in [0.05, 0.1) is 25.7 Å². The predicted molar refractivity (Wildman–Crippen MR) is 101 cm³/mol. The number of carboxylic acids is 1. The van der Waals surface area contributed by atoms with Gasteiger partial charge in [-0.3, -0.25) is 14.5 Å². The van der Waals surface area contributed by atoms with Crippen molar-refractivity contribution in [1.82, 2.24) is 25.0 Å². The molecule has 0 bridgehead atoms. The fourth-order valence-electron chi connectivity index (χ4n) is 3.32. The normalized spacial score (nSPS) is 18.7. The van der Waals surface area contributed by atoms with Gasteiger partial charge in [-0.05, 0) is 23.8 Å². The molecule has 0 spiro atoms. The Hall–Kier alpha value is -2.26. The minimum absolute atomic E-state index is 0.000823. The highest BCUT2D eigenvalue weighted by Crippen LogP contribution is 2.35. The van der Waals surface area contributed by atoms with E-state index in [9.17, 15) is 14.7 Å². The molecule has 2 unspecified atom stereocenters. The van der Waals surface area contributed by atoms with Crippen molar-refractivity contribution in [3.8, 4) is 0 Å². The fourth-order valence-corrected chi connectivity index (χ4v) is 4.34. The zero-order chi connectivity index (χ0) is 19.8. The number of carboxylic acid groups (broad SMARTS) is 1. The number of hydrogen-bond donors (Lipinski definition) is 2. The Kier molecular flexibility index (Phi) is 5.34. The van der Waals surface area contributed by atoms with Crippen LogP contribution in [0.4, 0.5) is 0 Å². The first-order chi connectivity index (χ1) is 12.7. The first-order valence-electron chi connectivity index (χ1n) is 8.85. The third-order valence-electron chi connectivity index (χ3n) is 4.78. The minimum Gasteiger partial charge on any atom is -0.480 e. The molecule has 0 saturated carbocycles. The Morgan fingerprint density at radius 2 is 2.15 bits per heavy atom. The molecule has 3 rings (SSSR count). The summed E-state index contributed by atoms with van der Waals surface area (Å²) in [7, 11) is 0. The zero-order valence-electron chi connectivity index (χ0n) is 16.0. The Bertz CT molecular complexity index is 825. The van der Waals surface area contributed by atoms with Gasteiger partial charge in [0, 0.05) is 4.88 Å². The van der Waals surface area contributed by atoms with Crippen molar-refractivity contribution in [2.45, 2.75) is 52.9 Å². The molecule has 1 aliphatic rings. The molecule has 2 atom stereocenters. The first kappa shape index (κ1) is 19.5. The van der Waals surface area contributed by atoms with Crippen LogP contribution < -0.4 is 5.32 Å².